The van der Waals surface area contributed by atoms with E-state index < -0.39 is 60.9 Å². The Hall–Kier alpha value is -4.16. The molecule has 34 heavy (non-hydrogen) atoms. The zero-order valence-corrected chi connectivity index (χ0v) is 18.9. The Morgan fingerprint density at radius 1 is 0.912 bits per heavy atom. The van der Waals surface area contributed by atoms with Crippen LogP contribution in [0.25, 0.3) is 0 Å². The van der Waals surface area contributed by atoms with Gasteiger partial charge in [0.2, 0.25) is 5.91 Å². The van der Waals surface area contributed by atoms with Crippen LogP contribution in [-0.4, -0.2) is 66.8 Å². The number of rotatable bonds is 7. The summed E-state index contributed by atoms with van der Waals surface area (Å²) in [7, 11) is 0. The number of benzene rings is 1. The molecule has 1 aromatic carbocycles. The highest BCUT2D eigenvalue weighted by Crippen LogP contribution is 2.25. The predicted molar refractivity (Wildman–Crippen MR) is 114 cm³/mol. The Labute approximate surface area is 194 Å². The molecule has 1 aliphatic rings. The molecule has 1 saturated heterocycles. The van der Waals surface area contributed by atoms with E-state index >= 15 is 0 Å². The lowest BCUT2D eigenvalue weighted by Crippen LogP contribution is -2.64. The average Bonchev–Trinajstić information content (AvgIpc) is 2.74. The van der Waals surface area contributed by atoms with Crippen molar-refractivity contribution in [3.8, 4) is 0 Å². The number of nitrogens with one attached hydrogen (secondary N) is 2. The summed E-state index contributed by atoms with van der Waals surface area (Å²) < 4.78 is 21.2. The Kier molecular flexibility index (Phi) is 9.35. The minimum absolute atomic E-state index is 0.384. The van der Waals surface area contributed by atoms with Crippen LogP contribution in [0.2, 0.25) is 0 Å². The maximum absolute atomic E-state index is 12.1. The maximum atomic E-state index is 12.1. The first-order valence-electron chi connectivity index (χ1n) is 10.1. The van der Waals surface area contributed by atoms with Gasteiger partial charge in [-0.05, 0) is 17.3 Å². The van der Waals surface area contributed by atoms with E-state index in [0.717, 1.165) is 20.8 Å². The number of ether oxygens (including phenoxy) is 4. The van der Waals surface area contributed by atoms with E-state index in [-0.39, 0.29) is 5.90 Å². The van der Waals surface area contributed by atoms with E-state index in [1.807, 2.05) is 0 Å². The summed E-state index contributed by atoms with van der Waals surface area (Å²) in [4.78, 5) is 63.6. The fourth-order valence-electron chi connectivity index (χ4n) is 3.02. The second-order valence-electron chi connectivity index (χ2n) is 7.08. The molecule has 13 heteroatoms. The molecule has 0 radical (unpaired) electrons. The van der Waals surface area contributed by atoms with Crippen LogP contribution in [0.1, 0.15) is 27.7 Å². The van der Waals surface area contributed by atoms with E-state index in [9.17, 15) is 24.0 Å². The van der Waals surface area contributed by atoms with Crippen LogP contribution < -0.4 is 10.6 Å². The number of anilines is 1. The molecule has 184 valence electrons. The average molecular weight is 479 g/mol. The van der Waals surface area contributed by atoms with Crippen molar-refractivity contribution in [2.24, 2.45) is 5.16 Å². The summed E-state index contributed by atoms with van der Waals surface area (Å²) in [5.74, 6) is -3.14. The Morgan fingerprint density at radius 3 is 2.09 bits per heavy atom. The van der Waals surface area contributed by atoms with E-state index in [2.05, 4.69) is 15.8 Å². The van der Waals surface area contributed by atoms with Gasteiger partial charge >= 0.3 is 24.0 Å². The lowest BCUT2D eigenvalue weighted by molar-refractivity contribution is -0.186. The molecule has 1 aromatic rings. The quantitative estimate of drug-likeness (QED) is 0.248. The molecular formula is C21H25N3O10. The molecule has 0 spiro atoms. The van der Waals surface area contributed by atoms with Gasteiger partial charge in [0.05, 0.1) is 0 Å². The second kappa shape index (κ2) is 12.2. The van der Waals surface area contributed by atoms with E-state index in [0.29, 0.717) is 5.69 Å². The molecule has 13 nitrogen and oxygen atoms in total. The number of nitrogens with zero attached hydrogens (tertiary/aromatic N) is 1. The molecule has 0 saturated carbocycles. The lowest BCUT2D eigenvalue weighted by atomic mass is 9.96. The van der Waals surface area contributed by atoms with Gasteiger partial charge in [0, 0.05) is 33.4 Å². The number of hydrogen-bond donors (Lipinski definition) is 2. The molecule has 2 N–H and O–H groups in total. The van der Waals surface area contributed by atoms with Gasteiger partial charge in [-0.1, -0.05) is 18.2 Å². The van der Waals surface area contributed by atoms with Gasteiger partial charge in [0.25, 0.3) is 5.90 Å². The number of amides is 2. The second-order valence-corrected chi connectivity index (χ2v) is 7.08. The molecular weight excluding hydrogens is 454 g/mol. The van der Waals surface area contributed by atoms with E-state index in [1.165, 1.54) is 6.92 Å². The summed E-state index contributed by atoms with van der Waals surface area (Å²) in [6, 6.07) is 7.06. The summed E-state index contributed by atoms with van der Waals surface area (Å²) in [6.45, 7) is 4.12. The van der Waals surface area contributed by atoms with Crippen molar-refractivity contribution >= 4 is 41.5 Å². The third-order valence-electron chi connectivity index (χ3n) is 4.21. The van der Waals surface area contributed by atoms with Crippen molar-refractivity contribution in [1.82, 2.24) is 5.32 Å². The summed E-state index contributed by atoms with van der Waals surface area (Å²) in [5, 5.41) is 8.56. The van der Waals surface area contributed by atoms with Gasteiger partial charge in [0.15, 0.2) is 18.3 Å². The minimum atomic E-state index is -1.35. The highest BCUT2D eigenvalue weighted by atomic mass is 16.7. The van der Waals surface area contributed by atoms with Gasteiger partial charge in [-0.15, -0.1) is 0 Å². The molecule has 1 aliphatic heterocycles. The number of hydrogen-bond acceptors (Lipinski definition) is 11. The Balaban J connectivity index is 2.37. The molecule has 0 aromatic heterocycles. The van der Waals surface area contributed by atoms with Crippen molar-refractivity contribution in [2.45, 2.75) is 52.0 Å². The summed E-state index contributed by atoms with van der Waals surface area (Å²) >= 11 is 0. The van der Waals surface area contributed by atoms with Crippen molar-refractivity contribution in [3.63, 3.8) is 0 Å². The largest absolute Gasteiger partial charge is 0.466 e. The number of para-hydroxylation sites is 1. The number of carbonyl (C=O) groups excluding carboxylic acids is 5. The fraction of sp³-hybridized carbons (Fsp3) is 0.429. The van der Waals surface area contributed by atoms with Crippen LogP contribution in [0, 0.1) is 0 Å². The van der Waals surface area contributed by atoms with Crippen molar-refractivity contribution in [2.75, 3.05) is 11.9 Å². The highest BCUT2D eigenvalue weighted by molar-refractivity contribution is 5.90. The molecule has 4 atom stereocenters. The molecule has 1 fully saturated rings. The first kappa shape index (κ1) is 26.1. The molecule has 2 rings (SSSR count). The predicted octanol–water partition coefficient (Wildman–Crippen LogP) is 0.879. The van der Waals surface area contributed by atoms with Gasteiger partial charge in [-0.25, -0.2) is 4.79 Å². The van der Waals surface area contributed by atoms with Crippen LogP contribution in [0.5, 0.6) is 0 Å². The standard InChI is InChI=1S/C21H25N3O10/c1-11(25)22-17-19(32-14(4)28)18(31-13(3)27)16(10-30-12(2)26)33-20(17)24-34-21(29)23-15-8-6-5-7-9-15/h5-9,16-19H,10H2,1-4H3,(H,22,25)(H,23,29)/b24-20+/t16-,17-,18-,19-/m1/s1. The van der Waals surface area contributed by atoms with Crippen LogP contribution in [0.3, 0.4) is 0 Å². The van der Waals surface area contributed by atoms with Gasteiger partial charge in [0.1, 0.15) is 12.6 Å². The van der Waals surface area contributed by atoms with Gasteiger partial charge < -0.3 is 24.3 Å². The van der Waals surface area contributed by atoms with Gasteiger partial charge in [-0.2, -0.15) is 0 Å². The SMILES string of the molecule is CC(=O)N[C@H]1/C(=N\OC(=O)Nc2ccccc2)O[C@H](COC(C)=O)[C@@H](OC(C)=O)[C@@H]1OC(C)=O. The molecule has 1 heterocycles. The lowest BCUT2D eigenvalue weighted by Gasteiger charge is -2.41. The molecule has 0 unspecified atom stereocenters. The first-order valence-corrected chi connectivity index (χ1v) is 10.1. The van der Waals surface area contributed by atoms with Crippen LogP contribution >= 0.6 is 0 Å². The van der Waals surface area contributed by atoms with Gasteiger partial charge in [-0.3, -0.25) is 29.3 Å². The Bertz CT molecular complexity index is 949. The van der Waals surface area contributed by atoms with Crippen molar-refractivity contribution in [3.05, 3.63) is 30.3 Å². The summed E-state index contributed by atoms with van der Waals surface area (Å²) in [6.07, 6.45) is -4.83. The normalized spacial score (nSPS) is 22.5. The Morgan fingerprint density at radius 2 is 1.53 bits per heavy atom. The molecule has 0 aliphatic carbocycles. The number of carbonyl (C=O) groups is 5. The topological polar surface area (TPSA) is 168 Å². The highest BCUT2D eigenvalue weighted by Gasteiger charge is 2.50. The molecule has 0 bridgehead atoms. The molecule has 2 amide bonds. The van der Waals surface area contributed by atoms with Crippen molar-refractivity contribution < 1.29 is 47.8 Å². The maximum Gasteiger partial charge on any atom is 0.437 e. The fourth-order valence-corrected chi connectivity index (χ4v) is 3.02. The monoisotopic (exact) mass is 479 g/mol. The first-order chi connectivity index (χ1) is 16.1. The van der Waals surface area contributed by atoms with Crippen LogP contribution in [0.15, 0.2) is 35.5 Å². The zero-order chi connectivity index (χ0) is 25.3. The third kappa shape index (κ3) is 8.07. The van der Waals surface area contributed by atoms with E-state index in [1.54, 1.807) is 30.3 Å². The van der Waals surface area contributed by atoms with E-state index in [4.69, 9.17) is 23.8 Å². The third-order valence-corrected chi connectivity index (χ3v) is 4.21. The number of oxime groups is 1. The van der Waals surface area contributed by atoms with Crippen LogP contribution in [0.4, 0.5) is 10.5 Å². The van der Waals surface area contributed by atoms with Crippen LogP contribution in [-0.2, 0) is 43.0 Å². The van der Waals surface area contributed by atoms with Crippen molar-refractivity contribution in [1.29, 1.82) is 0 Å². The zero-order valence-electron chi connectivity index (χ0n) is 18.9. The minimum Gasteiger partial charge on any atom is -0.466 e. The smallest absolute Gasteiger partial charge is 0.437 e. The summed E-state index contributed by atoms with van der Waals surface area (Å²) in [5.41, 5.74) is 0.427. The number of esters is 3.